The highest BCUT2D eigenvalue weighted by Crippen LogP contribution is 2.25. The van der Waals surface area contributed by atoms with Gasteiger partial charge in [0.25, 0.3) is 5.69 Å². The molecule has 0 radical (unpaired) electrons. The van der Waals surface area contributed by atoms with E-state index >= 15 is 0 Å². The van der Waals surface area contributed by atoms with E-state index in [-0.39, 0.29) is 10.6 Å². The SMILES string of the molecule is CCC(C)Cc1c(C)cccc1[N+](=O)[O-]. The normalized spacial score (nSPS) is 12.5. The van der Waals surface area contributed by atoms with Gasteiger partial charge in [0.2, 0.25) is 0 Å². The summed E-state index contributed by atoms with van der Waals surface area (Å²) in [5, 5.41) is 10.8. The lowest BCUT2D eigenvalue weighted by Gasteiger charge is -2.11. The number of nitrogens with zero attached hydrogens (tertiary/aromatic N) is 1. The zero-order chi connectivity index (χ0) is 11.4. The molecule has 82 valence electrons. The molecule has 0 saturated carbocycles. The molecule has 1 rings (SSSR count). The van der Waals surface area contributed by atoms with Crippen LogP contribution in [-0.2, 0) is 6.42 Å². The van der Waals surface area contributed by atoms with Gasteiger partial charge in [-0.25, -0.2) is 0 Å². The van der Waals surface area contributed by atoms with E-state index in [4.69, 9.17) is 0 Å². The monoisotopic (exact) mass is 207 g/mol. The van der Waals surface area contributed by atoms with Crippen LogP contribution in [0.15, 0.2) is 18.2 Å². The summed E-state index contributed by atoms with van der Waals surface area (Å²) in [6.07, 6.45) is 1.84. The molecule has 0 aliphatic heterocycles. The van der Waals surface area contributed by atoms with E-state index in [1.807, 2.05) is 13.0 Å². The van der Waals surface area contributed by atoms with Crippen molar-refractivity contribution in [2.75, 3.05) is 0 Å². The van der Waals surface area contributed by atoms with Crippen molar-refractivity contribution in [1.82, 2.24) is 0 Å². The summed E-state index contributed by atoms with van der Waals surface area (Å²) in [5.41, 5.74) is 2.16. The average molecular weight is 207 g/mol. The number of hydrogen-bond donors (Lipinski definition) is 0. The number of rotatable bonds is 4. The highest BCUT2D eigenvalue weighted by molar-refractivity contribution is 5.45. The third-order valence-corrected chi connectivity index (χ3v) is 2.83. The van der Waals surface area contributed by atoms with Gasteiger partial charge in [-0.3, -0.25) is 10.1 Å². The minimum absolute atomic E-state index is 0.260. The van der Waals surface area contributed by atoms with E-state index in [0.717, 1.165) is 24.0 Å². The zero-order valence-electron chi connectivity index (χ0n) is 9.49. The molecule has 0 aliphatic carbocycles. The summed E-state index contributed by atoms with van der Waals surface area (Å²) in [6.45, 7) is 6.16. The van der Waals surface area contributed by atoms with Crippen LogP contribution in [0.5, 0.6) is 0 Å². The van der Waals surface area contributed by atoms with E-state index in [2.05, 4.69) is 13.8 Å². The summed E-state index contributed by atoms with van der Waals surface area (Å²) < 4.78 is 0. The van der Waals surface area contributed by atoms with Gasteiger partial charge in [-0.05, 0) is 24.8 Å². The second kappa shape index (κ2) is 4.91. The van der Waals surface area contributed by atoms with Crippen molar-refractivity contribution in [2.45, 2.75) is 33.6 Å². The second-order valence-corrected chi connectivity index (χ2v) is 4.05. The minimum atomic E-state index is -0.287. The highest BCUT2D eigenvalue weighted by atomic mass is 16.6. The fourth-order valence-electron chi connectivity index (χ4n) is 1.62. The van der Waals surface area contributed by atoms with Crippen molar-refractivity contribution in [3.8, 4) is 0 Å². The van der Waals surface area contributed by atoms with Gasteiger partial charge >= 0.3 is 0 Å². The van der Waals surface area contributed by atoms with E-state index in [0.29, 0.717) is 5.92 Å². The van der Waals surface area contributed by atoms with Gasteiger partial charge in [-0.2, -0.15) is 0 Å². The number of hydrogen-bond acceptors (Lipinski definition) is 2. The molecule has 0 aromatic heterocycles. The third-order valence-electron chi connectivity index (χ3n) is 2.83. The van der Waals surface area contributed by atoms with Crippen molar-refractivity contribution in [2.24, 2.45) is 5.92 Å². The molecule has 15 heavy (non-hydrogen) atoms. The largest absolute Gasteiger partial charge is 0.272 e. The van der Waals surface area contributed by atoms with E-state index in [1.165, 1.54) is 0 Å². The Kier molecular flexibility index (Phi) is 3.83. The lowest BCUT2D eigenvalue weighted by atomic mass is 9.94. The average Bonchev–Trinajstić information content (AvgIpc) is 2.20. The van der Waals surface area contributed by atoms with Crippen LogP contribution in [0.25, 0.3) is 0 Å². The summed E-state index contributed by atoms with van der Waals surface area (Å²) in [7, 11) is 0. The first-order chi connectivity index (χ1) is 7.06. The highest BCUT2D eigenvalue weighted by Gasteiger charge is 2.16. The van der Waals surface area contributed by atoms with E-state index < -0.39 is 0 Å². The molecular weight excluding hydrogens is 190 g/mol. The Morgan fingerprint density at radius 1 is 1.47 bits per heavy atom. The third kappa shape index (κ3) is 2.78. The predicted octanol–water partition coefficient (Wildman–Crippen LogP) is 3.49. The standard InChI is InChI=1S/C12H17NO2/c1-4-9(2)8-11-10(3)6-5-7-12(11)13(14)15/h5-7,9H,4,8H2,1-3H3. The summed E-state index contributed by atoms with van der Waals surface area (Å²) in [6, 6.07) is 5.27. The van der Waals surface area contributed by atoms with Crippen LogP contribution in [-0.4, -0.2) is 4.92 Å². The number of benzene rings is 1. The Bertz CT molecular complexity index is 361. The van der Waals surface area contributed by atoms with Crippen molar-refractivity contribution >= 4 is 5.69 Å². The summed E-state index contributed by atoms with van der Waals surface area (Å²) in [5.74, 6) is 0.491. The van der Waals surface area contributed by atoms with Gasteiger partial charge < -0.3 is 0 Å². The van der Waals surface area contributed by atoms with Crippen molar-refractivity contribution in [3.63, 3.8) is 0 Å². The van der Waals surface area contributed by atoms with Crippen LogP contribution < -0.4 is 0 Å². The van der Waals surface area contributed by atoms with E-state index in [9.17, 15) is 10.1 Å². The van der Waals surface area contributed by atoms with Crippen molar-refractivity contribution in [3.05, 3.63) is 39.4 Å². The minimum Gasteiger partial charge on any atom is -0.258 e. The Morgan fingerprint density at radius 2 is 2.13 bits per heavy atom. The van der Waals surface area contributed by atoms with Crippen molar-refractivity contribution in [1.29, 1.82) is 0 Å². The smallest absolute Gasteiger partial charge is 0.258 e. The second-order valence-electron chi connectivity index (χ2n) is 4.05. The molecule has 1 aromatic rings. The van der Waals surface area contributed by atoms with Crippen LogP contribution in [0.1, 0.15) is 31.4 Å². The van der Waals surface area contributed by atoms with Gasteiger partial charge in [0.05, 0.1) is 4.92 Å². The Balaban J connectivity index is 3.07. The number of aryl methyl sites for hydroxylation is 1. The first-order valence-corrected chi connectivity index (χ1v) is 5.29. The van der Waals surface area contributed by atoms with Crippen LogP contribution >= 0.6 is 0 Å². The molecule has 3 heteroatoms. The first kappa shape index (κ1) is 11.7. The lowest BCUT2D eigenvalue weighted by molar-refractivity contribution is -0.385. The summed E-state index contributed by atoms with van der Waals surface area (Å²) in [4.78, 5) is 10.6. The molecule has 1 unspecified atom stereocenters. The van der Waals surface area contributed by atoms with Crippen LogP contribution in [0.3, 0.4) is 0 Å². The maximum absolute atomic E-state index is 10.8. The number of nitro groups is 1. The van der Waals surface area contributed by atoms with Crippen molar-refractivity contribution < 1.29 is 4.92 Å². The Hall–Kier alpha value is -1.38. The van der Waals surface area contributed by atoms with Gasteiger partial charge in [-0.1, -0.05) is 32.4 Å². The molecule has 0 spiro atoms. The molecule has 0 saturated heterocycles. The Morgan fingerprint density at radius 3 is 2.67 bits per heavy atom. The molecular formula is C12H17NO2. The van der Waals surface area contributed by atoms with Crippen LogP contribution in [0, 0.1) is 23.0 Å². The van der Waals surface area contributed by atoms with Gasteiger partial charge in [0.15, 0.2) is 0 Å². The molecule has 0 fully saturated rings. The van der Waals surface area contributed by atoms with Gasteiger partial charge in [0.1, 0.15) is 0 Å². The fourth-order valence-corrected chi connectivity index (χ4v) is 1.62. The summed E-state index contributed by atoms with van der Waals surface area (Å²) >= 11 is 0. The molecule has 0 aliphatic rings. The number of nitro benzene ring substituents is 1. The van der Waals surface area contributed by atoms with Gasteiger partial charge in [-0.15, -0.1) is 0 Å². The molecule has 3 nitrogen and oxygen atoms in total. The molecule has 0 heterocycles. The van der Waals surface area contributed by atoms with Gasteiger partial charge in [0, 0.05) is 11.6 Å². The van der Waals surface area contributed by atoms with Crippen LogP contribution in [0.4, 0.5) is 5.69 Å². The maximum atomic E-state index is 10.8. The zero-order valence-corrected chi connectivity index (χ0v) is 9.49. The van der Waals surface area contributed by atoms with E-state index in [1.54, 1.807) is 12.1 Å². The molecule has 0 N–H and O–H groups in total. The topological polar surface area (TPSA) is 43.1 Å². The first-order valence-electron chi connectivity index (χ1n) is 5.29. The quantitative estimate of drug-likeness (QED) is 0.560. The molecule has 0 amide bonds. The molecule has 1 aromatic carbocycles. The lowest BCUT2D eigenvalue weighted by Crippen LogP contribution is -2.04. The Labute approximate surface area is 90.3 Å². The molecule has 1 atom stereocenters. The molecule has 0 bridgehead atoms. The fraction of sp³-hybridized carbons (Fsp3) is 0.500. The van der Waals surface area contributed by atoms with Crippen LogP contribution in [0.2, 0.25) is 0 Å². The predicted molar refractivity (Wildman–Crippen MR) is 61.0 cm³/mol. The maximum Gasteiger partial charge on any atom is 0.272 e.